The summed E-state index contributed by atoms with van der Waals surface area (Å²) in [6.07, 6.45) is 0. The van der Waals surface area contributed by atoms with Gasteiger partial charge in [-0.3, -0.25) is 18.3 Å². The summed E-state index contributed by atoms with van der Waals surface area (Å²) < 4.78 is 8.66. The standard InChI is InChI=1S/C39H24N6.C30H31B.C24H27B.C24H17N3/c1-7-19-31-25(13-1)26-14-2-8-20-32(26)43(31)37-40-38(44-33-21-9-3-15-27(33)28-16-4-10-22-34(28)44)42-39(41-37)45-35-23-11-5-17-29(35)30-18-6-12-24-36(30)45;1-20-12-10-13-21(2)28(20)31(29-22(3)14-11-15-23(29)4)30-24(5)18-27(19-25(30)6)26-16-8-7-9-17-26;1-16-10-7-11-17(2)22(16)25(23-18(3)12-8-13-19(23)4)24-20(5)14-9-15-21(24)6;1-3-11-19(12-4-1)23-25-26-24(20-13-5-2-6-14-20)27(23)22-17-9-15-18-10-7-8-16-21(18)22/h1-24H;7-19H,1-6H3;7-15H,1-6H3;1-17H. The summed E-state index contributed by atoms with van der Waals surface area (Å²) in [4.78, 5) is 15.8. The van der Waals surface area contributed by atoms with E-state index in [9.17, 15) is 0 Å². The summed E-state index contributed by atoms with van der Waals surface area (Å²) in [5, 5.41) is 18.4. The fourth-order valence-electron chi connectivity index (χ4n) is 20.0. The van der Waals surface area contributed by atoms with E-state index in [1.807, 2.05) is 36.4 Å². The van der Waals surface area contributed by atoms with Crippen LogP contribution in [0.15, 0.2) is 382 Å². The Labute approximate surface area is 750 Å². The van der Waals surface area contributed by atoms with Gasteiger partial charge in [0.1, 0.15) is 0 Å². The largest absolute Gasteiger partial charge is 0.278 e. The molecule has 0 atom stereocenters. The first-order valence-electron chi connectivity index (χ1n) is 44.3. The van der Waals surface area contributed by atoms with Crippen molar-refractivity contribution in [1.29, 1.82) is 0 Å². The second-order valence-electron chi connectivity index (χ2n) is 34.0. The maximum Gasteiger partial charge on any atom is 0.243 e. The summed E-state index contributed by atoms with van der Waals surface area (Å²) in [7, 11) is 0. The van der Waals surface area contributed by atoms with Gasteiger partial charge in [-0.15, -0.1) is 10.2 Å². The summed E-state index contributed by atoms with van der Waals surface area (Å²) >= 11 is 0. The second-order valence-corrected chi connectivity index (χ2v) is 34.0. The Kier molecular flexibility index (Phi) is 22.7. The lowest BCUT2D eigenvalue weighted by atomic mass is 9.33. The predicted molar refractivity (Wildman–Crippen MR) is 543 cm³/mol. The molecule has 0 radical (unpaired) electrons. The van der Waals surface area contributed by atoms with Crippen LogP contribution in [0.4, 0.5) is 0 Å². The van der Waals surface area contributed by atoms with E-state index in [0.717, 1.165) is 93.9 Å². The smallest absolute Gasteiger partial charge is 0.243 e. The molecule has 0 amide bonds. The molecule has 0 fully saturated rings. The lowest BCUT2D eigenvalue weighted by Gasteiger charge is -2.27. The molecule has 0 saturated carbocycles. The average Bonchev–Trinajstić information content (AvgIpc) is 1.62. The maximum absolute atomic E-state index is 5.28. The first-order chi connectivity index (χ1) is 62.6. The Bertz CT molecular complexity index is 7100. The van der Waals surface area contributed by atoms with Crippen molar-refractivity contribution in [3.8, 4) is 57.4 Å². The van der Waals surface area contributed by atoms with Gasteiger partial charge in [-0.05, 0) is 142 Å². The molecule has 128 heavy (non-hydrogen) atoms. The highest BCUT2D eigenvalue weighted by Crippen LogP contribution is 2.38. The zero-order valence-corrected chi connectivity index (χ0v) is 74.6. The van der Waals surface area contributed by atoms with Gasteiger partial charge in [0.2, 0.25) is 31.3 Å². The fraction of sp³-hybridized carbons (Fsp3) is 0.103. The molecule has 0 saturated heterocycles. The molecule has 0 unspecified atom stereocenters. The van der Waals surface area contributed by atoms with Gasteiger partial charge in [-0.25, -0.2) is 0 Å². The molecule has 0 aliphatic heterocycles. The van der Waals surface area contributed by atoms with Gasteiger partial charge in [-0.2, -0.15) is 15.0 Å². The molecule has 0 spiro atoms. The predicted octanol–water partition coefficient (Wildman–Crippen LogP) is 24.7. The van der Waals surface area contributed by atoms with Gasteiger partial charge in [0.05, 0.1) is 38.8 Å². The third-order valence-electron chi connectivity index (χ3n) is 25.8. The highest BCUT2D eigenvalue weighted by Gasteiger charge is 2.33. The van der Waals surface area contributed by atoms with Gasteiger partial charge in [0.25, 0.3) is 0 Å². The molecule has 5 heterocycles. The molecule has 0 aliphatic rings. The van der Waals surface area contributed by atoms with Crippen LogP contribution in [0.2, 0.25) is 0 Å². The molecule has 0 N–H and O–H groups in total. The molecule has 0 aliphatic carbocycles. The summed E-state index contributed by atoms with van der Waals surface area (Å²) in [5.41, 5.74) is 37.1. The van der Waals surface area contributed by atoms with Crippen LogP contribution in [0.25, 0.3) is 134 Å². The number of aromatic nitrogens is 9. The number of para-hydroxylation sites is 6. The van der Waals surface area contributed by atoms with Crippen LogP contribution in [-0.2, 0) is 0 Å². The molecule has 22 rings (SSSR count). The minimum atomic E-state index is 0.229. The number of hydrogen-bond acceptors (Lipinski definition) is 5. The number of rotatable bonds is 13. The second kappa shape index (κ2) is 35.4. The van der Waals surface area contributed by atoms with Gasteiger partial charge >= 0.3 is 0 Å². The van der Waals surface area contributed by atoms with Gasteiger partial charge in [0.15, 0.2) is 11.6 Å². The molecule has 5 aromatic heterocycles. The van der Waals surface area contributed by atoms with Gasteiger partial charge in [0, 0.05) is 48.8 Å². The van der Waals surface area contributed by atoms with Crippen molar-refractivity contribution in [2.45, 2.75) is 83.1 Å². The van der Waals surface area contributed by atoms with Crippen LogP contribution < -0.4 is 32.8 Å². The zero-order chi connectivity index (χ0) is 87.8. The normalized spacial score (nSPS) is 11.3. The van der Waals surface area contributed by atoms with Crippen molar-refractivity contribution in [3.63, 3.8) is 0 Å². The monoisotopic (exact) mass is 1650 g/mol. The van der Waals surface area contributed by atoms with E-state index < -0.39 is 0 Å². The maximum atomic E-state index is 5.28. The van der Waals surface area contributed by atoms with Gasteiger partial charge in [-0.1, -0.05) is 439 Å². The van der Waals surface area contributed by atoms with Crippen LogP contribution in [0, 0.1) is 83.1 Å². The van der Waals surface area contributed by atoms with E-state index >= 15 is 0 Å². The van der Waals surface area contributed by atoms with Crippen LogP contribution in [0.5, 0.6) is 0 Å². The molecule has 22 aromatic rings. The quantitative estimate of drug-likeness (QED) is 0.107. The molecular weight excluding hydrogens is 1550 g/mol. The first-order valence-corrected chi connectivity index (χ1v) is 44.3. The van der Waals surface area contributed by atoms with E-state index in [4.69, 9.17) is 15.0 Å². The number of benzene rings is 17. The highest BCUT2D eigenvalue weighted by molar-refractivity contribution is 6.97. The van der Waals surface area contributed by atoms with Crippen molar-refractivity contribution in [1.82, 2.24) is 43.4 Å². The van der Waals surface area contributed by atoms with Crippen molar-refractivity contribution in [2.75, 3.05) is 0 Å². The Morgan fingerprint density at radius 1 is 0.180 bits per heavy atom. The van der Waals surface area contributed by atoms with Gasteiger partial charge < -0.3 is 0 Å². The number of aryl methyl sites for hydroxylation is 12. The summed E-state index contributed by atoms with van der Waals surface area (Å²) in [6.45, 7) is 27.6. The summed E-state index contributed by atoms with van der Waals surface area (Å²) in [6, 6.07) is 135. The van der Waals surface area contributed by atoms with E-state index in [1.54, 1.807) is 0 Å². The summed E-state index contributed by atoms with van der Waals surface area (Å²) in [5.74, 6) is 3.37. The van der Waals surface area contributed by atoms with Crippen molar-refractivity contribution in [3.05, 3.63) is 449 Å². The Hall–Kier alpha value is -15.3. The topological polar surface area (TPSA) is 84.2 Å². The molecule has 11 heteroatoms. The average molecular weight is 1650 g/mol. The number of nitrogens with zero attached hydrogens (tertiary/aromatic N) is 9. The van der Waals surface area contributed by atoms with Crippen LogP contribution in [-0.4, -0.2) is 56.8 Å². The van der Waals surface area contributed by atoms with E-state index in [1.165, 1.54) is 121 Å². The molecule has 17 aromatic carbocycles. The van der Waals surface area contributed by atoms with Crippen LogP contribution in [0.1, 0.15) is 66.8 Å². The minimum absolute atomic E-state index is 0.229. The number of fused-ring (bicyclic) bond motifs is 10. The van der Waals surface area contributed by atoms with Crippen LogP contribution in [0.3, 0.4) is 0 Å². The highest BCUT2D eigenvalue weighted by atomic mass is 15.3. The first kappa shape index (κ1) is 82.3. The van der Waals surface area contributed by atoms with Crippen LogP contribution >= 0.6 is 0 Å². The van der Waals surface area contributed by atoms with Crippen molar-refractivity contribution >= 4 is 122 Å². The fourth-order valence-corrected chi connectivity index (χ4v) is 20.0. The lowest BCUT2D eigenvalue weighted by molar-refractivity contribution is 0.848. The molecule has 9 nitrogen and oxygen atoms in total. The Morgan fingerprint density at radius 3 is 0.680 bits per heavy atom. The Morgan fingerprint density at radius 2 is 0.398 bits per heavy atom. The van der Waals surface area contributed by atoms with E-state index in [0.29, 0.717) is 17.8 Å². The molecular formula is C117H99B2N9. The number of hydrogen-bond donors (Lipinski definition) is 0. The van der Waals surface area contributed by atoms with E-state index in [-0.39, 0.29) is 13.4 Å². The Balaban J connectivity index is 0.000000115. The third kappa shape index (κ3) is 15.3. The van der Waals surface area contributed by atoms with Crippen molar-refractivity contribution < 1.29 is 0 Å². The third-order valence-corrected chi connectivity index (χ3v) is 25.8. The molecule has 0 bridgehead atoms. The lowest BCUT2D eigenvalue weighted by Crippen LogP contribution is -2.57. The SMILES string of the molecule is Cc1cccc(C)c1B(c1c(C)cccc1C)c1c(C)cc(-c2ccccc2)cc1C.Cc1cccc(C)c1B(c1c(C)cccc1C)c1c(C)cccc1C.c1ccc(-c2nnc(-c3ccccc3)n2-c2cccc3ccccc23)cc1.c1ccc2c(c1)c1ccccc1n2-c1nc(-n2c3ccccc3c3ccccc32)nc(-n2c3ccccc3c3ccccc32)n1. The minimum Gasteiger partial charge on any atom is -0.278 e. The zero-order valence-electron chi connectivity index (χ0n) is 74.6. The van der Waals surface area contributed by atoms with Crippen molar-refractivity contribution in [2.24, 2.45) is 0 Å². The van der Waals surface area contributed by atoms with E-state index in [2.05, 4.69) is 457 Å². The molecule has 618 valence electrons.